The average Bonchev–Trinajstić information content (AvgIpc) is 3.18. The number of likely N-dealkylation sites (N-methyl/N-ethyl adjacent to an activating group) is 1. The number of nitrogens with one attached hydrogen (secondary N) is 1. The Morgan fingerprint density at radius 1 is 1.31 bits per heavy atom. The molecule has 2 heterocycles. The molecule has 2 saturated heterocycles. The molecule has 0 aromatic carbocycles. The highest BCUT2D eigenvalue weighted by Gasteiger charge is 2.30. The molecular weight excluding hydrogens is 445 g/mol. The predicted octanol–water partition coefficient (Wildman–Crippen LogP) is 1.23. The van der Waals surface area contributed by atoms with E-state index in [1.54, 1.807) is 0 Å². The van der Waals surface area contributed by atoms with Gasteiger partial charge in [0.05, 0.1) is 0 Å². The predicted molar refractivity (Wildman–Crippen MR) is 116 cm³/mol. The van der Waals surface area contributed by atoms with Gasteiger partial charge in [-0.1, -0.05) is 6.92 Å². The Morgan fingerprint density at radius 3 is 2.50 bits per heavy atom. The maximum absolute atomic E-state index is 12.4. The Morgan fingerprint density at radius 2 is 1.96 bits per heavy atom. The molecule has 2 fully saturated rings. The lowest BCUT2D eigenvalue weighted by molar-refractivity contribution is -0.142. The molecular formula is C18H36IN5O2. The van der Waals surface area contributed by atoms with Crippen LogP contribution in [-0.2, 0) is 9.53 Å². The number of guanidine groups is 1. The fourth-order valence-corrected chi connectivity index (χ4v) is 3.32. The van der Waals surface area contributed by atoms with Crippen molar-refractivity contribution in [1.82, 2.24) is 20.0 Å². The molecule has 0 aromatic rings. The van der Waals surface area contributed by atoms with Crippen LogP contribution in [0.2, 0.25) is 0 Å². The number of ether oxygens (including phenoxy) is 1. The van der Waals surface area contributed by atoms with Crippen LogP contribution in [0.25, 0.3) is 0 Å². The standard InChI is InChI=1S/C18H35N5O2.HI/c1-5-15(2)21(4)9-8-20-18(19-3)23-12-10-22(11-13-23)17(24)16-7-6-14-25-16;/h15-16H,5-14H2,1-4H3,(H,19,20);1H. The number of aliphatic imine (C=N–C) groups is 1. The first kappa shape index (κ1) is 23.4. The van der Waals surface area contributed by atoms with Crippen molar-refractivity contribution in [2.45, 2.75) is 45.3 Å². The molecule has 2 aliphatic rings. The molecule has 0 radical (unpaired) electrons. The third-order valence-corrected chi connectivity index (χ3v) is 5.40. The zero-order valence-corrected chi connectivity index (χ0v) is 19.1. The van der Waals surface area contributed by atoms with Crippen LogP contribution >= 0.6 is 24.0 Å². The molecule has 152 valence electrons. The van der Waals surface area contributed by atoms with Gasteiger partial charge in [-0.15, -0.1) is 24.0 Å². The minimum Gasteiger partial charge on any atom is -0.368 e. The van der Waals surface area contributed by atoms with Crippen LogP contribution in [0.5, 0.6) is 0 Å². The molecule has 0 aliphatic carbocycles. The topological polar surface area (TPSA) is 60.4 Å². The van der Waals surface area contributed by atoms with Crippen LogP contribution < -0.4 is 5.32 Å². The molecule has 0 aromatic heterocycles. The summed E-state index contributed by atoms with van der Waals surface area (Å²) in [6.45, 7) is 10.2. The number of halogens is 1. The molecule has 0 bridgehead atoms. The van der Waals surface area contributed by atoms with E-state index in [1.165, 1.54) is 0 Å². The van der Waals surface area contributed by atoms with E-state index >= 15 is 0 Å². The van der Waals surface area contributed by atoms with Crippen LogP contribution in [0.1, 0.15) is 33.1 Å². The maximum Gasteiger partial charge on any atom is 0.251 e. The molecule has 26 heavy (non-hydrogen) atoms. The van der Waals surface area contributed by atoms with Gasteiger partial charge in [0, 0.05) is 59.0 Å². The second-order valence-electron chi connectivity index (χ2n) is 7.03. The number of hydrogen-bond donors (Lipinski definition) is 1. The molecule has 2 rings (SSSR count). The third-order valence-electron chi connectivity index (χ3n) is 5.40. The normalized spacial score (nSPS) is 22.3. The Bertz CT molecular complexity index is 449. The minimum absolute atomic E-state index is 0. The zero-order chi connectivity index (χ0) is 18.2. The van der Waals surface area contributed by atoms with Gasteiger partial charge < -0.3 is 24.8 Å². The highest BCUT2D eigenvalue weighted by atomic mass is 127. The molecule has 1 N–H and O–H groups in total. The summed E-state index contributed by atoms with van der Waals surface area (Å²) in [5.41, 5.74) is 0. The number of hydrogen-bond acceptors (Lipinski definition) is 4. The fraction of sp³-hybridized carbons (Fsp3) is 0.889. The fourth-order valence-electron chi connectivity index (χ4n) is 3.32. The lowest BCUT2D eigenvalue weighted by Crippen LogP contribution is -2.55. The number of piperazine rings is 1. The highest BCUT2D eigenvalue weighted by molar-refractivity contribution is 14.0. The van der Waals surface area contributed by atoms with Gasteiger partial charge in [-0.2, -0.15) is 0 Å². The van der Waals surface area contributed by atoms with E-state index in [0.717, 1.165) is 71.1 Å². The SMILES string of the molecule is CCC(C)N(C)CCNC(=NC)N1CCN(C(=O)C2CCCO2)CC1.I. The van der Waals surface area contributed by atoms with E-state index < -0.39 is 0 Å². The maximum atomic E-state index is 12.4. The summed E-state index contributed by atoms with van der Waals surface area (Å²) in [5.74, 6) is 1.09. The Hall–Kier alpha value is -0.610. The lowest BCUT2D eigenvalue weighted by atomic mass is 10.2. The van der Waals surface area contributed by atoms with Gasteiger partial charge in [0.2, 0.25) is 0 Å². The van der Waals surface area contributed by atoms with Crippen molar-refractivity contribution in [1.29, 1.82) is 0 Å². The van der Waals surface area contributed by atoms with Crippen molar-refractivity contribution in [3.05, 3.63) is 0 Å². The van der Waals surface area contributed by atoms with E-state index in [-0.39, 0.29) is 36.0 Å². The average molecular weight is 481 g/mol. The Balaban J connectivity index is 0.00000338. The molecule has 2 unspecified atom stereocenters. The van der Waals surface area contributed by atoms with Crippen molar-refractivity contribution in [3.63, 3.8) is 0 Å². The van der Waals surface area contributed by atoms with E-state index in [0.29, 0.717) is 6.04 Å². The van der Waals surface area contributed by atoms with Crippen molar-refractivity contribution in [2.75, 3.05) is 60.0 Å². The Kier molecular flexibility index (Phi) is 10.8. The summed E-state index contributed by atoms with van der Waals surface area (Å²) >= 11 is 0. The molecule has 8 heteroatoms. The van der Waals surface area contributed by atoms with E-state index in [2.05, 4.69) is 41.0 Å². The quantitative estimate of drug-likeness (QED) is 0.352. The Labute approximate surface area is 175 Å². The van der Waals surface area contributed by atoms with Crippen molar-refractivity contribution >= 4 is 35.8 Å². The molecule has 0 spiro atoms. The smallest absolute Gasteiger partial charge is 0.251 e. The summed E-state index contributed by atoms with van der Waals surface area (Å²) in [6.07, 6.45) is 2.82. The number of carbonyl (C=O) groups excluding carboxylic acids is 1. The van der Waals surface area contributed by atoms with E-state index in [9.17, 15) is 4.79 Å². The van der Waals surface area contributed by atoms with Gasteiger partial charge in [-0.3, -0.25) is 9.79 Å². The first-order chi connectivity index (χ1) is 12.1. The summed E-state index contributed by atoms with van der Waals surface area (Å²) in [4.78, 5) is 23.4. The van der Waals surface area contributed by atoms with Gasteiger partial charge in [0.1, 0.15) is 6.10 Å². The van der Waals surface area contributed by atoms with Gasteiger partial charge >= 0.3 is 0 Å². The third kappa shape index (κ3) is 6.53. The largest absolute Gasteiger partial charge is 0.368 e. The van der Waals surface area contributed by atoms with Crippen molar-refractivity contribution < 1.29 is 9.53 Å². The number of amides is 1. The second-order valence-corrected chi connectivity index (χ2v) is 7.03. The van der Waals surface area contributed by atoms with Gasteiger partial charge in [-0.05, 0) is 33.2 Å². The minimum atomic E-state index is -0.208. The summed E-state index contributed by atoms with van der Waals surface area (Å²) in [6, 6.07) is 0.594. The summed E-state index contributed by atoms with van der Waals surface area (Å²) in [7, 11) is 3.98. The number of nitrogens with zero attached hydrogens (tertiary/aromatic N) is 4. The van der Waals surface area contributed by atoms with E-state index in [4.69, 9.17) is 4.74 Å². The van der Waals surface area contributed by atoms with Crippen molar-refractivity contribution in [2.24, 2.45) is 4.99 Å². The number of carbonyl (C=O) groups is 1. The first-order valence-electron chi connectivity index (χ1n) is 9.63. The number of rotatable bonds is 6. The molecule has 2 aliphatic heterocycles. The molecule has 0 saturated carbocycles. The molecule has 2 atom stereocenters. The van der Waals surface area contributed by atoms with Crippen LogP contribution in [0, 0.1) is 0 Å². The second kappa shape index (κ2) is 12.0. The zero-order valence-electron chi connectivity index (χ0n) is 16.7. The molecule has 7 nitrogen and oxygen atoms in total. The van der Waals surface area contributed by atoms with Crippen LogP contribution in [0.3, 0.4) is 0 Å². The monoisotopic (exact) mass is 481 g/mol. The van der Waals surface area contributed by atoms with Crippen LogP contribution in [-0.4, -0.2) is 98.7 Å². The summed E-state index contributed by atoms with van der Waals surface area (Å²) in [5, 5.41) is 3.45. The molecule has 1 amide bonds. The lowest BCUT2D eigenvalue weighted by Gasteiger charge is -2.37. The van der Waals surface area contributed by atoms with Gasteiger partial charge in [0.25, 0.3) is 5.91 Å². The first-order valence-corrected chi connectivity index (χ1v) is 9.63. The van der Waals surface area contributed by atoms with Crippen LogP contribution in [0.15, 0.2) is 4.99 Å². The van der Waals surface area contributed by atoms with Gasteiger partial charge in [0.15, 0.2) is 5.96 Å². The van der Waals surface area contributed by atoms with Crippen LogP contribution in [0.4, 0.5) is 0 Å². The van der Waals surface area contributed by atoms with Crippen molar-refractivity contribution in [3.8, 4) is 0 Å². The van der Waals surface area contributed by atoms with E-state index in [1.807, 2.05) is 11.9 Å². The van der Waals surface area contributed by atoms with Gasteiger partial charge in [-0.25, -0.2) is 0 Å². The summed E-state index contributed by atoms with van der Waals surface area (Å²) < 4.78 is 5.52. The highest BCUT2D eigenvalue weighted by Crippen LogP contribution is 2.16.